The summed E-state index contributed by atoms with van der Waals surface area (Å²) in [4.78, 5) is 0. The third-order valence-electron chi connectivity index (χ3n) is 5.70. The van der Waals surface area contributed by atoms with Crippen molar-refractivity contribution in [2.24, 2.45) is 0 Å². The Morgan fingerprint density at radius 2 is 1.21 bits per heavy atom. The predicted octanol–water partition coefficient (Wildman–Crippen LogP) is 6.05. The summed E-state index contributed by atoms with van der Waals surface area (Å²) in [5.74, 6) is 0.793. The van der Waals surface area contributed by atoms with Crippen molar-refractivity contribution in [2.75, 3.05) is 0 Å². The topological polar surface area (TPSA) is 0 Å². The van der Waals surface area contributed by atoms with Crippen LogP contribution in [0.5, 0.6) is 0 Å². The first kappa shape index (κ1) is 16.5. The number of hydrogen-bond acceptors (Lipinski definition) is 0. The Morgan fingerprint density at radius 3 is 1.67 bits per heavy atom. The maximum absolute atomic E-state index is 2.66. The molecular formula is C22H25HfSi. The Morgan fingerprint density at radius 1 is 0.750 bits per heavy atom. The molecule has 0 fully saturated rings. The molecule has 2 aromatic rings. The molecule has 0 amide bonds. The Hall–Kier alpha value is -0.993. The normalized spacial score (nSPS) is 21.6. The molecule has 0 spiro atoms. The molecule has 0 heterocycles. The summed E-state index contributed by atoms with van der Waals surface area (Å²) in [7, 11) is 0. The van der Waals surface area contributed by atoms with Gasteiger partial charge in [-0.3, -0.25) is 0 Å². The minimum atomic E-state index is -1.31. The quantitative estimate of drug-likeness (QED) is 0.443. The number of allylic oxidation sites excluding steroid dienone is 2. The van der Waals surface area contributed by atoms with E-state index < -0.39 is 26.6 Å². The van der Waals surface area contributed by atoms with Gasteiger partial charge in [0, 0.05) is 0 Å². The van der Waals surface area contributed by atoms with Gasteiger partial charge in [-0.25, -0.2) is 0 Å². The molecular weight excluding hydrogens is 471 g/mol. The molecule has 0 aromatic heterocycles. The fourth-order valence-electron chi connectivity index (χ4n) is 4.24. The molecule has 0 aliphatic heterocycles. The van der Waals surface area contributed by atoms with E-state index in [4.69, 9.17) is 0 Å². The van der Waals surface area contributed by atoms with Crippen LogP contribution in [0.25, 0.3) is 12.2 Å². The zero-order valence-corrected chi connectivity index (χ0v) is 19.3. The summed E-state index contributed by atoms with van der Waals surface area (Å²) in [6.45, 7) is 0. The van der Waals surface area contributed by atoms with Crippen LogP contribution >= 0.6 is 0 Å². The third kappa shape index (κ3) is 3.23. The molecule has 0 radical (unpaired) electrons. The second kappa shape index (κ2) is 7.09. The number of benzene rings is 2. The van der Waals surface area contributed by atoms with Crippen molar-refractivity contribution in [3.8, 4) is 0 Å². The van der Waals surface area contributed by atoms with Gasteiger partial charge in [-0.05, 0) is 0 Å². The Balaban J connectivity index is 1.51. The monoisotopic (exact) mass is 497 g/mol. The van der Waals surface area contributed by atoms with Crippen LogP contribution in [-0.2, 0) is 20.6 Å². The van der Waals surface area contributed by atoms with Crippen LogP contribution in [-0.4, -0.2) is 5.98 Å². The summed E-state index contributed by atoms with van der Waals surface area (Å²) in [5, 5.41) is 0. The fraction of sp³-hybridized carbons (Fsp3) is 0.273. The average molecular weight is 496 g/mol. The van der Waals surface area contributed by atoms with Gasteiger partial charge in [0.15, 0.2) is 0 Å². The van der Waals surface area contributed by atoms with Gasteiger partial charge in [0.25, 0.3) is 0 Å². The molecule has 4 rings (SSSR count). The Kier molecular flexibility index (Phi) is 4.87. The second-order valence-corrected chi connectivity index (χ2v) is 35.8. The molecule has 0 nitrogen and oxygen atoms in total. The van der Waals surface area contributed by atoms with E-state index in [-0.39, 0.29) is 0 Å². The molecule has 121 valence electrons. The van der Waals surface area contributed by atoms with E-state index >= 15 is 0 Å². The van der Waals surface area contributed by atoms with Crippen molar-refractivity contribution in [2.45, 2.75) is 33.3 Å². The van der Waals surface area contributed by atoms with Gasteiger partial charge >= 0.3 is 155 Å². The van der Waals surface area contributed by atoms with Crippen molar-refractivity contribution in [1.82, 2.24) is 0 Å². The SMILES string of the molecule is [CH3][Hf]([CH3])[SiH](CC1C=Cc2ccccc21)CC1C=Cc2ccccc21. The van der Waals surface area contributed by atoms with Gasteiger partial charge in [-0.2, -0.15) is 0 Å². The first-order chi connectivity index (χ1) is 11.7. The van der Waals surface area contributed by atoms with Crippen LogP contribution in [0.15, 0.2) is 60.7 Å². The van der Waals surface area contributed by atoms with Gasteiger partial charge in [0.2, 0.25) is 0 Å². The number of hydrogen-bond donors (Lipinski definition) is 0. The van der Waals surface area contributed by atoms with Crippen molar-refractivity contribution >= 4 is 18.1 Å². The second-order valence-electron chi connectivity index (χ2n) is 7.43. The van der Waals surface area contributed by atoms with Gasteiger partial charge in [0.05, 0.1) is 0 Å². The zero-order chi connectivity index (χ0) is 16.5. The van der Waals surface area contributed by atoms with E-state index in [1.165, 1.54) is 23.2 Å². The molecule has 0 saturated carbocycles. The summed E-state index contributed by atoms with van der Waals surface area (Å²) in [6, 6.07) is 21.0. The van der Waals surface area contributed by atoms with Gasteiger partial charge < -0.3 is 0 Å². The molecule has 24 heavy (non-hydrogen) atoms. The van der Waals surface area contributed by atoms with Crippen LogP contribution < -0.4 is 0 Å². The van der Waals surface area contributed by atoms with Gasteiger partial charge in [-0.1, -0.05) is 0 Å². The fourth-order valence-corrected chi connectivity index (χ4v) is 23.1. The summed E-state index contributed by atoms with van der Waals surface area (Å²) >= 11 is -1.31. The van der Waals surface area contributed by atoms with Gasteiger partial charge in [0.1, 0.15) is 0 Å². The number of fused-ring (bicyclic) bond motifs is 2. The van der Waals surface area contributed by atoms with E-state index in [0.717, 1.165) is 0 Å². The van der Waals surface area contributed by atoms with E-state index in [1.54, 1.807) is 11.1 Å². The first-order valence-electron chi connectivity index (χ1n) is 9.06. The predicted molar refractivity (Wildman–Crippen MR) is 105 cm³/mol. The molecule has 2 aliphatic carbocycles. The molecule has 2 aromatic carbocycles. The van der Waals surface area contributed by atoms with E-state index in [2.05, 4.69) is 82.2 Å². The molecule has 0 N–H and O–H groups in total. The zero-order valence-electron chi connectivity index (χ0n) is 14.6. The standard InChI is InChI=1S/C20H19Si.2CH3.Hf/c1-3-7-19-15(5-1)9-11-17(19)13-21-14-18-12-10-16-6-2-4-8-20(16)18;;;/h1-12,17-18,21H,13-14H2;2*1H3;. The van der Waals surface area contributed by atoms with Crippen LogP contribution in [0.4, 0.5) is 0 Å². The van der Waals surface area contributed by atoms with Crippen LogP contribution in [0.1, 0.15) is 34.1 Å². The van der Waals surface area contributed by atoms with Crippen LogP contribution in [0.3, 0.4) is 0 Å². The molecule has 0 saturated heterocycles. The van der Waals surface area contributed by atoms with Crippen molar-refractivity contribution in [3.05, 3.63) is 82.9 Å². The van der Waals surface area contributed by atoms with Crippen molar-refractivity contribution in [3.63, 3.8) is 0 Å². The summed E-state index contributed by atoms with van der Waals surface area (Å²) in [6.07, 6.45) is 9.68. The molecule has 2 heteroatoms. The summed E-state index contributed by atoms with van der Waals surface area (Å²) < 4.78 is 5.33. The summed E-state index contributed by atoms with van der Waals surface area (Å²) in [5.41, 5.74) is 6.09. The Labute approximate surface area is 154 Å². The van der Waals surface area contributed by atoms with Gasteiger partial charge in [-0.15, -0.1) is 0 Å². The van der Waals surface area contributed by atoms with Crippen LogP contribution in [0.2, 0.25) is 21.4 Å². The van der Waals surface area contributed by atoms with E-state index in [9.17, 15) is 0 Å². The van der Waals surface area contributed by atoms with Crippen molar-refractivity contribution < 1.29 is 20.6 Å². The first-order valence-corrected chi connectivity index (χ1v) is 24.7. The molecule has 2 aliphatic rings. The third-order valence-corrected chi connectivity index (χ3v) is 32.2. The maximum atomic E-state index is 2.66. The minimum absolute atomic E-state index is 0.621. The molecule has 2 atom stereocenters. The average Bonchev–Trinajstić information content (AvgIpc) is 3.19. The van der Waals surface area contributed by atoms with E-state index in [0.29, 0.717) is 11.8 Å². The molecule has 2 unspecified atom stereocenters. The number of rotatable bonds is 5. The van der Waals surface area contributed by atoms with E-state index in [1.807, 2.05) is 0 Å². The Bertz CT molecular complexity index is 727. The van der Waals surface area contributed by atoms with Crippen molar-refractivity contribution in [1.29, 1.82) is 0 Å². The van der Waals surface area contributed by atoms with Crippen LogP contribution in [0, 0.1) is 0 Å². The molecule has 0 bridgehead atoms.